The number of hydrogen-bond acceptors (Lipinski definition) is 3. The zero-order valence-electron chi connectivity index (χ0n) is 16.6. The summed E-state index contributed by atoms with van der Waals surface area (Å²) in [5, 5.41) is 8.26. The van der Waals surface area contributed by atoms with E-state index >= 15 is 0 Å². The fraction of sp³-hybridized carbons (Fsp3) is 0.286. The smallest absolute Gasteiger partial charge is 0.319 e. The van der Waals surface area contributed by atoms with Crippen molar-refractivity contribution in [2.24, 2.45) is 0 Å². The molecule has 0 aliphatic rings. The van der Waals surface area contributed by atoms with Gasteiger partial charge in [-0.15, -0.1) is 0 Å². The zero-order valence-corrected chi connectivity index (χ0v) is 16.6. The second-order valence-corrected chi connectivity index (χ2v) is 6.88. The molecule has 0 radical (unpaired) electrons. The Labute approximate surface area is 165 Å². The van der Waals surface area contributed by atoms with Gasteiger partial charge in [0.2, 0.25) is 0 Å². The van der Waals surface area contributed by atoms with Crippen LogP contribution < -0.4 is 16.0 Å². The molecule has 28 heavy (non-hydrogen) atoms. The zero-order chi connectivity index (χ0) is 20.7. The second-order valence-electron chi connectivity index (χ2n) is 6.88. The van der Waals surface area contributed by atoms with Crippen LogP contribution in [-0.4, -0.2) is 42.9 Å². The fourth-order valence-corrected chi connectivity index (χ4v) is 2.51. The molecule has 0 aromatic heterocycles. The van der Waals surface area contributed by atoms with Crippen molar-refractivity contribution in [2.45, 2.75) is 26.4 Å². The lowest BCUT2D eigenvalue weighted by molar-refractivity contribution is 0.0827. The van der Waals surface area contributed by atoms with Crippen LogP contribution in [-0.2, 0) is 6.54 Å². The largest absolute Gasteiger partial charge is 0.348 e. The molecule has 0 aliphatic heterocycles. The van der Waals surface area contributed by atoms with Crippen LogP contribution in [0, 0.1) is 0 Å². The van der Waals surface area contributed by atoms with Crippen LogP contribution in [0.15, 0.2) is 48.5 Å². The van der Waals surface area contributed by atoms with Crippen molar-refractivity contribution in [2.75, 3.05) is 19.4 Å². The van der Waals surface area contributed by atoms with Gasteiger partial charge in [-0.3, -0.25) is 9.59 Å². The molecule has 0 fully saturated rings. The highest BCUT2D eigenvalue weighted by molar-refractivity contribution is 6.03. The quantitative estimate of drug-likeness (QED) is 0.717. The maximum atomic E-state index is 12.6. The van der Waals surface area contributed by atoms with Crippen molar-refractivity contribution in [3.63, 3.8) is 0 Å². The number of nitrogens with zero attached hydrogens (tertiary/aromatic N) is 1. The van der Waals surface area contributed by atoms with Gasteiger partial charge in [-0.25, -0.2) is 4.79 Å². The minimum Gasteiger partial charge on any atom is -0.348 e. The van der Waals surface area contributed by atoms with Gasteiger partial charge in [-0.05, 0) is 43.7 Å². The Balaban J connectivity index is 2.02. The molecule has 2 rings (SSSR count). The summed E-state index contributed by atoms with van der Waals surface area (Å²) in [6.07, 6.45) is 0. The van der Waals surface area contributed by atoms with Crippen molar-refractivity contribution in [1.82, 2.24) is 15.5 Å². The van der Waals surface area contributed by atoms with E-state index < -0.39 is 0 Å². The summed E-state index contributed by atoms with van der Waals surface area (Å²) in [6, 6.07) is 13.5. The molecule has 0 saturated heterocycles. The van der Waals surface area contributed by atoms with E-state index in [1.165, 1.54) is 4.90 Å². The molecule has 0 saturated carbocycles. The van der Waals surface area contributed by atoms with Gasteiger partial charge in [-0.2, -0.15) is 0 Å². The first-order valence-corrected chi connectivity index (χ1v) is 9.03. The number of benzene rings is 2. The molecule has 7 nitrogen and oxygen atoms in total. The Bertz CT molecular complexity index is 845. The highest BCUT2D eigenvalue weighted by Crippen LogP contribution is 2.15. The number of carbonyl (C=O) groups is 3. The Morgan fingerprint density at radius 1 is 0.964 bits per heavy atom. The van der Waals surface area contributed by atoms with Crippen molar-refractivity contribution in [1.29, 1.82) is 0 Å². The third-order valence-corrected chi connectivity index (χ3v) is 3.90. The lowest BCUT2D eigenvalue weighted by Gasteiger charge is -2.14. The van der Waals surface area contributed by atoms with Crippen LogP contribution in [0.4, 0.5) is 10.5 Å². The van der Waals surface area contributed by atoms with Crippen LogP contribution in [0.3, 0.4) is 0 Å². The summed E-state index contributed by atoms with van der Waals surface area (Å²) in [5.41, 5.74) is 2.27. The van der Waals surface area contributed by atoms with E-state index in [1.807, 2.05) is 13.8 Å². The van der Waals surface area contributed by atoms with Gasteiger partial charge in [0, 0.05) is 32.2 Å². The maximum absolute atomic E-state index is 12.6. The predicted molar refractivity (Wildman–Crippen MR) is 109 cm³/mol. The summed E-state index contributed by atoms with van der Waals surface area (Å²) in [5.74, 6) is -0.371. The van der Waals surface area contributed by atoms with E-state index in [2.05, 4.69) is 16.0 Å². The predicted octanol–water partition coefficient (Wildman–Crippen LogP) is 2.85. The molecule has 0 heterocycles. The van der Waals surface area contributed by atoms with Crippen molar-refractivity contribution >= 4 is 23.5 Å². The van der Waals surface area contributed by atoms with Crippen molar-refractivity contribution in [3.8, 4) is 0 Å². The van der Waals surface area contributed by atoms with Gasteiger partial charge in [0.15, 0.2) is 0 Å². The molecule has 0 bridgehead atoms. The number of hydrogen-bond donors (Lipinski definition) is 3. The van der Waals surface area contributed by atoms with Gasteiger partial charge in [0.05, 0.1) is 11.3 Å². The third-order valence-electron chi connectivity index (χ3n) is 3.90. The molecule has 2 aromatic rings. The molecule has 0 aliphatic carbocycles. The highest BCUT2D eigenvalue weighted by atomic mass is 16.2. The van der Waals surface area contributed by atoms with Gasteiger partial charge in [-0.1, -0.05) is 24.3 Å². The molecule has 0 spiro atoms. The van der Waals surface area contributed by atoms with Gasteiger partial charge in [0.1, 0.15) is 0 Å². The molecule has 0 unspecified atom stereocenters. The average Bonchev–Trinajstić information content (AvgIpc) is 2.65. The molecule has 3 N–H and O–H groups in total. The van der Waals surface area contributed by atoms with Crippen molar-refractivity contribution < 1.29 is 14.4 Å². The first-order valence-electron chi connectivity index (χ1n) is 9.03. The number of nitrogens with one attached hydrogen (secondary N) is 3. The van der Waals surface area contributed by atoms with E-state index in [1.54, 1.807) is 62.6 Å². The standard InChI is InChI=1S/C21H26N4O3/c1-14(2)23-21(28)24-18-8-6-5-7-17(18)19(26)22-13-15-9-11-16(12-10-15)20(27)25(3)4/h5-12,14H,13H2,1-4H3,(H,22,26)(H2,23,24,28). The number of para-hydroxylation sites is 1. The molecular weight excluding hydrogens is 356 g/mol. The van der Waals surface area contributed by atoms with Crippen LogP contribution in [0.25, 0.3) is 0 Å². The second kappa shape index (κ2) is 9.55. The molecule has 148 valence electrons. The minimum absolute atomic E-state index is 0.0108. The summed E-state index contributed by atoms with van der Waals surface area (Å²) in [4.78, 5) is 37.9. The molecular formula is C21H26N4O3. The van der Waals surface area contributed by atoms with E-state index in [0.29, 0.717) is 23.4 Å². The van der Waals surface area contributed by atoms with E-state index in [9.17, 15) is 14.4 Å². The monoisotopic (exact) mass is 382 g/mol. The highest BCUT2D eigenvalue weighted by Gasteiger charge is 2.13. The molecule has 7 heteroatoms. The van der Waals surface area contributed by atoms with Gasteiger partial charge >= 0.3 is 6.03 Å². The Morgan fingerprint density at radius 3 is 2.21 bits per heavy atom. The minimum atomic E-state index is -0.364. The number of urea groups is 1. The summed E-state index contributed by atoms with van der Waals surface area (Å²) < 4.78 is 0. The first-order chi connectivity index (χ1) is 13.3. The Morgan fingerprint density at radius 2 is 1.61 bits per heavy atom. The van der Waals surface area contributed by atoms with Crippen LogP contribution in [0.2, 0.25) is 0 Å². The topological polar surface area (TPSA) is 90.5 Å². The normalized spacial score (nSPS) is 10.3. The van der Waals surface area contributed by atoms with Gasteiger partial charge < -0.3 is 20.9 Å². The van der Waals surface area contributed by atoms with Crippen LogP contribution >= 0.6 is 0 Å². The fourth-order valence-electron chi connectivity index (χ4n) is 2.51. The SMILES string of the molecule is CC(C)NC(=O)Nc1ccccc1C(=O)NCc1ccc(C(=O)N(C)C)cc1. The molecule has 2 aromatic carbocycles. The first kappa shape index (κ1) is 21.0. The summed E-state index contributed by atoms with van der Waals surface area (Å²) in [7, 11) is 3.40. The van der Waals surface area contributed by atoms with Crippen LogP contribution in [0.1, 0.15) is 40.1 Å². The van der Waals surface area contributed by atoms with Crippen LogP contribution in [0.5, 0.6) is 0 Å². The Kier molecular flexibility index (Phi) is 7.14. The average molecular weight is 382 g/mol. The van der Waals surface area contributed by atoms with Gasteiger partial charge in [0.25, 0.3) is 11.8 Å². The Hall–Kier alpha value is -3.35. The number of amides is 4. The number of rotatable bonds is 6. The maximum Gasteiger partial charge on any atom is 0.319 e. The van der Waals surface area contributed by atoms with E-state index in [4.69, 9.17) is 0 Å². The lowest BCUT2D eigenvalue weighted by Crippen LogP contribution is -2.35. The van der Waals surface area contributed by atoms with E-state index in [-0.39, 0.29) is 23.9 Å². The third kappa shape index (κ3) is 5.84. The van der Waals surface area contributed by atoms with Crippen molar-refractivity contribution in [3.05, 3.63) is 65.2 Å². The van der Waals surface area contributed by atoms with E-state index in [0.717, 1.165) is 5.56 Å². The summed E-state index contributed by atoms with van der Waals surface area (Å²) in [6.45, 7) is 4.02. The lowest BCUT2D eigenvalue weighted by atomic mass is 10.1. The summed E-state index contributed by atoms with van der Waals surface area (Å²) >= 11 is 0. The molecule has 0 atom stereocenters. The number of anilines is 1. The number of carbonyl (C=O) groups excluding carboxylic acids is 3. The molecule has 4 amide bonds.